The first-order valence-corrected chi connectivity index (χ1v) is 8.19. The Morgan fingerprint density at radius 2 is 1.75 bits per heavy atom. The highest BCUT2D eigenvalue weighted by Crippen LogP contribution is 2.16. The third kappa shape index (κ3) is 4.86. The fourth-order valence-electron chi connectivity index (χ4n) is 1.89. The standard InChI is InChI=1S/C14H23NO4S/c1-5-18-14(19-6-2)10-15-20(16,17)13-8-7-11(3)9-12(13)4/h7-9,14-15H,5-6,10H2,1-4H3. The van der Waals surface area contributed by atoms with Crippen LogP contribution in [-0.4, -0.2) is 34.5 Å². The third-order valence-corrected chi connectivity index (χ3v) is 4.35. The van der Waals surface area contributed by atoms with Gasteiger partial charge in [-0.3, -0.25) is 0 Å². The fraction of sp³-hybridized carbons (Fsp3) is 0.571. The Morgan fingerprint density at radius 3 is 2.25 bits per heavy atom. The highest BCUT2D eigenvalue weighted by atomic mass is 32.2. The van der Waals surface area contributed by atoms with Gasteiger partial charge in [0.05, 0.1) is 11.4 Å². The van der Waals surface area contributed by atoms with E-state index < -0.39 is 16.3 Å². The first-order valence-electron chi connectivity index (χ1n) is 6.70. The quantitative estimate of drug-likeness (QED) is 0.746. The monoisotopic (exact) mass is 301 g/mol. The highest BCUT2D eigenvalue weighted by molar-refractivity contribution is 7.89. The lowest BCUT2D eigenvalue weighted by Crippen LogP contribution is -2.35. The minimum absolute atomic E-state index is 0.0946. The second-order valence-corrected chi connectivity index (χ2v) is 6.20. The van der Waals surface area contributed by atoms with Gasteiger partial charge in [0.15, 0.2) is 6.29 Å². The Morgan fingerprint density at radius 1 is 1.15 bits per heavy atom. The predicted octanol–water partition coefficient (Wildman–Crippen LogP) is 1.98. The molecule has 1 aromatic carbocycles. The number of ether oxygens (including phenoxy) is 2. The SMILES string of the molecule is CCOC(CNS(=O)(=O)c1ccc(C)cc1C)OCC. The summed E-state index contributed by atoms with van der Waals surface area (Å²) in [6.45, 7) is 8.42. The van der Waals surface area contributed by atoms with Gasteiger partial charge in [0.1, 0.15) is 0 Å². The van der Waals surface area contributed by atoms with Crippen LogP contribution >= 0.6 is 0 Å². The number of aryl methyl sites for hydroxylation is 2. The summed E-state index contributed by atoms with van der Waals surface area (Å²) in [5.41, 5.74) is 1.75. The summed E-state index contributed by atoms with van der Waals surface area (Å²) in [5, 5.41) is 0. The van der Waals surface area contributed by atoms with E-state index in [1.54, 1.807) is 19.1 Å². The molecule has 0 heterocycles. The highest BCUT2D eigenvalue weighted by Gasteiger charge is 2.19. The number of benzene rings is 1. The number of hydrogen-bond acceptors (Lipinski definition) is 4. The number of nitrogens with one attached hydrogen (secondary N) is 1. The van der Waals surface area contributed by atoms with E-state index in [4.69, 9.17) is 9.47 Å². The Labute approximate surface area is 121 Å². The van der Waals surface area contributed by atoms with Crippen molar-refractivity contribution in [2.24, 2.45) is 0 Å². The largest absolute Gasteiger partial charge is 0.352 e. The van der Waals surface area contributed by atoms with E-state index in [0.717, 1.165) is 11.1 Å². The van der Waals surface area contributed by atoms with Gasteiger partial charge >= 0.3 is 0 Å². The summed E-state index contributed by atoms with van der Waals surface area (Å²) in [7, 11) is -3.55. The lowest BCUT2D eigenvalue weighted by Gasteiger charge is -2.18. The van der Waals surface area contributed by atoms with Crippen molar-refractivity contribution in [1.82, 2.24) is 4.72 Å². The molecule has 1 rings (SSSR count). The normalized spacial score (nSPS) is 12.1. The molecule has 1 aromatic rings. The van der Waals surface area contributed by atoms with Crippen LogP contribution in [0.2, 0.25) is 0 Å². The molecule has 0 radical (unpaired) electrons. The van der Waals surface area contributed by atoms with Crippen molar-refractivity contribution >= 4 is 10.0 Å². The third-order valence-electron chi connectivity index (χ3n) is 2.77. The van der Waals surface area contributed by atoms with E-state index in [9.17, 15) is 8.42 Å². The van der Waals surface area contributed by atoms with Crippen LogP contribution in [0.4, 0.5) is 0 Å². The molecule has 0 atom stereocenters. The van der Waals surface area contributed by atoms with Gasteiger partial charge in [-0.05, 0) is 39.3 Å². The molecular formula is C14H23NO4S. The van der Waals surface area contributed by atoms with Gasteiger partial charge in [-0.2, -0.15) is 0 Å². The summed E-state index contributed by atoms with van der Waals surface area (Å²) in [4.78, 5) is 0.287. The van der Waals surface area contributed by atoms with Gasteiger partial charge in [0.2, 0.25) is 10.0 Å². The zero-order valence-corrected chi connectivity index (χ0v) is 13.3. The molecule has 0 bridgehead atoms. The average molecular weight is 301 g/mol. The molecule has 20 heavy (non-hydrogen) atoms. The number of sulfonamides is 1. The molecule has 0 saturated carbocycles. The Kier molecular flexibility index (Phi) is 6.61. The number of rotatable bonds is 8. The van der Waals surface area contributed by atoms with E-state index >= 15 is 0 Å². The van der Waals surface area contributed by atoms with Gasteiger partial charge in [0, 0.05) is 13.2 Å². The second kappa shape index (κ2) is 7.73. The number of hydrogen-bond donors (Lipinski definition) is 1. The van der Waals surface area contributed by atoms with E-state index in [0.29, 0.717) is 13.2 Å². The molecule has 0 spiro atoms. The van der Waals surface area contributed by atoms with Crippen molar-refractivity contribution in [2.45, 2.75) is 38.9 Å². The smallest absolute Gasteiger partial charge is 0.241 e. The molecule has 6 heteroatoms. The van der Waals surface area contributed by atoms with E-state index in [-0.39, 0.29) is 11.4 Å². The summed E-state index contributed by atoms with van der Waals surface area (Å²) in [5.74, 6) is 0. The molecule has 0 amide bonds. The molecule has 0 saturated heterocycles. The van der Waals surface area contributed by atoms with Crippen LogP contribution in [-0.2, 0) is 19.5 Å². The fourth-order valence-corrected chi connectivity index (χ4v) is 3.14. The molecule has 0 aliphatic heterocycles. The first-order chi connectivity index (χ1) is 9.40. The second-order valence-electron chi connectivity index (χ2n) is 4.46. The summed E-state index contributed by atoms with van der Waals surface area (Å²) < 4.78 is 37.7. The zero-order valence-electron chi connectivity index (χ0n) is 12.5. The van der Waals surface area contributed by atoms with E-state index in [1.165, 1.54) is 0 Å². The lowest BCUT2D eigenvalue weighted by atomic mass is 10.2. The Hall–Kier alpha value is -0.950. The first kappa shape index (κ1) is 17.1. The molecule has 0 aliphatic carbocycles. The summed E-state index contributed by atoms with van der Waals surface area (Å²) in [6.07, 6.45) is -0.564. The zero-order chi connectivity index (χ0) is 15.2. The molecule has 1 N–H and O–H groups in total. The van der Waals surface area contributed by atoms with Crippen molar-refractivity contribution in [1.29, 1.82) is 0 Å². The maximum atomic E-state index is 12.3. The van der Waals surface area contributed by atoms with Crippen molar-refractivity contribution in [3.63, 3.8) is 0 Å². The predicted molar refractivity (Wildman–Crippen MR) is 78.1 cm³/mol. The molecule has 0 unspecified atom stereocenters. The van der Waals surface area contributed by atoms with Crippen molar-refractivity contribution in [3.8, 4) is 0 Å². The molecule has 0 fully saturated rings. The van der Waals surface area contributed by atoms with Crippen molar-refractivity contribution < 1.29 is 17.9 Å². The van der Waals surface area contributed by atoms with E-state index in [1.807, 2.05) is 26.8 Å². The molecule has 0 aromatic heterocycles. The van der Waals surface area contributed by atoms with E-state index in [2.05, 4.69) is 4.72 Å². The molecule has 5 nitrogen and oxygen atoms in total. The Bertz CT molecular complexity index is 522. The summed E-state index contributed by atoms with van der Waals surface area (Å²) >= 11 is 0. The van der Waals surface area contributed by atoms with Crippen LogP contribution in [0.3, 0.4) is 0 Å². The van der Waals surface area contributed by atoms with Gasteiger partial charge in [0.25, 0.3) is 0 Å². The van der Waals surface area contributed by atoms with Gasteiger partial charge in [-0.15, -0.1) is 0 Å². The average Bonchev–Trinajstić information content (AvgIpc) is 2.36. The van der Waals surface area contributed by atoms with Gasteiger partial charge < -0.3 is 9.47 Å². The van der Waals surface area contributed by atoms with Gasteiger partial charge in [-0.25, -0.2) is 13.1 Å². The topological polar surface area (TPSA) is 64.6 Å². The van der Waals surface area contributed by atoms with Gasteiger partial charge in [-0.1, -0.05) is 17.7 Å². The van der Waals surface area contributed by atoms with Crippen molar-refractivity contribution in [3.05, 3.63) is 29.3 Å². The molecule has 0 aliphatic rings. The Balaban J connectivity index is 2.78. The minimum atomic E-state index is -3.55. The van der Waals surface area contributed by atoms with Crippen LogP contribution < -0.4 is 4.72 Å². The van der Waals surface area contributed by atoms with Crippen LogP contribution in [0.25, 0.3) is 0 Å². The maximum Gasteiger partial charge on any atom is 0.241 e. The van der Waals surface area contributed by atoms with Crippen LogP contribution in [0.15, 0.2) is 23.1 Å². The summed E-state index contributed by atoms with van der Waals surface area (Å²) in [6, 6.07) is 5.24. The lowest BCUT2D eigenvalue weighted by molar-refractivity contribution is -0.130. The van der Waals surface area contributed by atoms with Crippen LogP contribution in [0, 0.1) is 13.8 Å². The molecular weight excluding hydrogens is 278 g/mol. The van der Waals surface area contributed by atoms with Crippen LogP contribution in [0.5, 0.6) is 0 Å². The van der Waals surface area contributed by atoms with Crippen LogP contribution in [0.1, 0.15) is 25.0 Å². The van der Waals surface area contributed by atoms with Crippen molar-refractivity contribution in [2.75, 3.05) is 19.8 Å². The minimum Gasteiger partial charge on any atom is -0.352 e. The maximum absolute atomic E-state index is 12.3. The molecule has 114 valence electrons.